The standard InChI is InChI=1S/C78H50B2N2/c1-7-51-59-35-49(46-21-10-8-11-22-46)37-61-57-39-55-54-30-34-66-78-70(54)58(40-56(55)53-29-33-65-77(69(53)57)81(73(59)61)75-63(31-27-41(2)67(51)75)79(65)71-42(3)17-14-18-43(71)4)62-38-50(47-23-12-9-13-24-47)36-60-52-26-16-25-48-28-32-64(76(68(48)52)82(78)74(60)62)80(66)72-44(5)19-15-20-45(72)6/h7-40H,1-2H2,3-6H3. The van der Waals surface area contributed by atoms with Crippen molar-refractivity contribution in [3.8, 4) is 22.3 Å². The first kappa shape index (κ1) is 44.9. The molecule has 0 amide bonds. The zero-order chi connectivity index (χ0) is 54.3. The van der Waals surface area contributed by atoms with Crippen molar-refractivity contribution in [3.63, 3.8) is 0 Å². The van der Waals surface area contributed by atoms with Gasteiger partial charge >= 0.3 is 0 Å². The number of pyridine rings is 4. The number of aryl methyl sites for hydroxylation is 4. The molecule has 13 aromatic carbocycles. The number of nitrogens with zero attached hydrogens (tertiary/aromatic N) is 2. The van der Waals surface area contributed by atoms with E-state index in [1.165, 1.54) is 197 Å². The Balaban J connectivity index is 1.08. The SMILES string of the molecule is C=Cc1c2cc(-c3ccccc3)cc3c4cc5c(cc6c7cc(-c8ccccc8)cc8c9cccc%10ccc%11c(c%109)n(c9c(ccc5c69)B%11c5c(C)cccc5C)c87)c5ccc6c(c54)n(c4c(ccc(=C)c14)B6c1c(C)cccc1C)c23. The van der Waals surface area contributed by atoms with Crippen LogP contribution in [-0.4, -0.2) is 22.2 Å². The molecule has 19 rings (SSSR count). The summed E-state index contributed by atoms with van der Waals surface area (Å²) >= 11 is 0. The molecular weight excluding hydrogens is 986 g/mol. The molecule has 0 fully saturated rings. The van der Waals surface area contributed by atoms with Gasteiger partial charge in [-0.15, -0.1) is 0 Å². The summed E-state index contributed by atoms with van der Waals surface area (Å²) in [5, 5.41) is 21.4. The molecule has 6 heterocycles. The van der Waals surface area contributed by atoms with Crippen LogP contribution in [0.4, 0.5) is 0 Å². The second kappa shape index (κ2) is 15.5. The molecule has 2 aliphatic heterocycles. The van der Waals surface area contributed by atoms with Gasteiger partial charge in [0.15, 0.2) is 0 Å². The minimum atomic E-state index is -0.00271. The number of hydrogen-bond donors (Lipinski definition) is 0. The molecule has 82 heavy (non-hydrogen) atoms. The number of hydrogen-bond acceptors (Lipinski definition) is 0. The Hall–Kier alpha value is -9.89. The van der Waals surface area contributed by atoms with Crippen LogP contribution in [0.15, 0.2) is 207 Å². The topological polar surface area (TPSA) is 8.82 Å². The van der Waals surface area contributed by atoms with E-state index in [0.717, 1.165) is 10.8 Å². The molecule has 0 aliphatic carbocycles. The minimum Gasteiger partial charge on any atom is -0.309 e. The Morgan fingerprint density at radius 2 is 0.732 bits per heavy atom. The van der Waals surface area contributed by atoms with Crippen molar-refractivity contribution < 1.29 is 0 Å². The normalized spacial score (nSPS) is 13.2. The summed E-state index contributed by atoms with van der Waals surface area (Å²) in [5.74, 6) is 0. The number of fused-ring (bicyclic) bond motifs is 6. The van der Waals surface area contributed by atoms with E-state index in [-0.39, 0.29) is 13.4 Å². The maximum atomic E-state index is 4.81. The van der Waals surface area contributed by atoms with Gasteiger partial charge in [0.25, 0.3) is 0 Å². The summed E-state index contributed by atoms with van der Waals surface area (Å²) in [6, 6.07) is 77.3. The number of aromatic nitrogens is 2. The van der Waals surface area contributed by atoms with E-state index in [0.29, 0.717) is 0 Å². The zero-order valence-corrected chi connectivity index (χ0v) is 46.1. The Bertz CT molecular complexity index is 5860. The Morgan fingerprint density at radius 3 is 1.24 bits per heavy atom. The van der Waals surface area contributed by atoms with E-state index in [2.05, 4.69) is 249 Å². The van der Waals surface area contributed by atoms with Gasteiger partial charge in [-0.3, -0.25) is 0 Å². The van der Waals surface area contributed by atoms with Gasteiger partial charge in [-0.05, 0) is 162 Å². The second-order valence-corrected chi connectivity index (χ2v) is 24.1. The van der Waals surface area contributed by atoms with Crippen molar-refractivity contribution in [2.24, 2.45) is 0 Å². The van der Waals surface area contributed by atoms with Gasteiger partial charge < -0.3 is 8.80 Å². The summed E-state index contributed by atoms with van der Waals surface area (Å²) in [6.45, 7) is 18.7. The third-order valence-corrected chi connectivity index (χ3v) is 20.1. The molecule has 2 nitrogen and oxygen atoms in total. The van der Waals surface area contributed by atoms with Crippen molar-refractivity contribution in [2.75, 3.05) is 0 Å². The van der Waals surface area contributed by atoms with E-state index in [1.54, 1.807) is 0 Å². The molecule has 0 bridgehead atoms. The third-order valence-electron chi connectivity index (χ3n) is 20.1. The van der Waals surface area contributed by atoms with Gasteiger partial charge in [0.2, 0.25) is 13.4 Å². The summed E-state index contributed by atoms with van der Waals surface area (Å²) in [7, 11) is 0. The number of rotatable bonds is 5. The van der Waals surface area contributed by atoms with Crippen LogP contribution >= 0.6 is 0 Å². The molecule has 0 saturated heterocycles. The van der Waals surface area contributed by atoms with Crippen LogP contribution in [0.1, 0.15) is 27.8 Å². The number of benzene rings is 13. The van der Waals surface area contributed by atoms with Crippen molar-refractivity contribution in [1.29, 1.82) is 0 Å². The Morgan fingerprint density at radius 1 is 0.317 bits per heavy atom. The predicted molar refractivity (Wildman–Crippen MR) is 357 cm³/mol. The molecule has 4 heteroatoms. The lowest BCUT2D eigenvalue weighted by Crippen LogP contribution is -2.57. The summed E-state index contributed by atoms with van der Waals surface area (Å²) in [6.07, 6.45) is 2.10. The van der Waals surface area contributed by atoms with Crippen LogP contribution in [-0.2, 0) is 0 Å². The highest BCUT2D eigenvalue weighted by Gasteiger charge is 2.38. The third kappa shape index (κ3) is 5.35. The predicted octanol–water partition coefficient (Wildman–Crippen LogP) is 15.2. The Labute approximate surface area is 473 Å². The van der Waals surface area contributed by atoms with E-state index < -0.39 is 0 Å². The molecule has 0 N–H and O–H groups in total. The van der Waals surface area contributed by atoms with Crippen molar-refractivity contribution in [3.05, 3.63) is 240 Å². The fourth-order valence-corrected chi connectivity index (χ4v) is 16.8. The molecule has 0 atom stereocenters. The summed E-state index contributed by atoms with van der Waals surface area (Å²) in [4.78, 5) is 0. The highest BCUT2D eigenvalue weighted by atomic mass is 14.9. The Kier molecular flexibility index (Phi) is 8.50. The van der Waals surface area contributed by atoms with Crippen molar-refractivity contribution in [1.82, 2.24) is 8.80 Å². The van der Waals surface area contributed by atoms with Gasteiger partial charge in [0, 0.05) is 65.2 Å². The lowest BCUT2D eigenvalue weighted by molar-refractivity contribution is 1.33. The fraction of sp³-hybridized carbons (Fsp3) is 0.0513. The summed E-state index contributed by atoms with van der Waals surface area (Å²) in [5.41, 5.74) is 27.1. The molecule has 0 saturated carbocycles. The summed E-state index contributed by atoms with van der Waals surface area (Å²) < 4.78 is 5.41. The van der Waals surface area contributed by atoms with Crippen LogP contribution in [0, 0.1) is 27.7 Å². The van der Waals surface area contributed by atoms with Gasteiger partial charge in [-0.25, -0.2) is 0 Å². The van der Waals surface area contributed by atoms with Gasteiger partial charge in [-0.2, -0.15) is 0 Å². The van der Waals surface area contributed by atoms with Crippen molar-refractivity contribution >= 4 is 178 Å². The first-order chi connectivity index (χ1) is 40.2. The molecule has 378 valence electrons. The molecule has 0 radical (unpaired) electrons. The fourth-order valence-electron chi connectivity index (χ4n) is 16.8. The zero-order valence-electron chi connectivity index (χ0n) is 46.1. The van der Waals surface area contributed by atoms with Crippen molar-refractivity contribution in [2.45, 2.75) is 27.7 Å². The first-order valence-electron chi connectivity index (χ1n) is 29.0. The average Bonchev–Trinajstić information content (AvgIpc) is 0.778. The molecule has 17 aromatic rings. The highest BCUT2D eigenvalue weighted by Crippen LogP contribution is 2.50. The lowest BCUT2D eigenvalue weighted by Gasteiger charge is -2.33. The van der Waals surface area contributed by atoms with Crippen LogP contribution in [0.2, 0.25) is 0 Å². The smallest absolute Gasteiger partial charge is 0.247 e. The van der Waals surface area contributed by atoms with E-state index in [4.69, 9.17) is 6.58 Å². The quantitative estimate of drug-likeness (QED) is 0.0923. The molecule has 0 unspecified atom stereocenters. The van der Waals surface area contributed by atoms with Gasteiger partial charge in [0.05, 0.1) is 11.0 Å². The first-order valence-corrected chi connectivity index (χ1v) is 29.0. The second-order valence-electron chi connectivity index (χ2n) is 24.1. The molecule has 2 aliphatic rings. The largest absolute Gasteiger partial charge is 0.309 e. The van der Waals surface area contributed by atoms with E-state index in [1.807, 2.05) is 0 Å². The van der Waals surface area contributed by atoms with Gasteiger partial charge in [0.1, 0.15) is 0 Å². The molecule has 0 spiro atoms. The highest BCUT2D eigenvalue weighted by molar-refractivity contribution is 7.00. The monoisotopic (exact) mass is 1040 g/mol. The van der Waals surface area contributed by atoms with E-state index in [9.17, 15) is 0 Å². The van der Waals surface area contributed by atoms with Crippen LogP contribution < -0.4 is 38.0 Å². The maximum absolute atomic E-state index is 4.81. The molecule has 4 aromatic heterocycles. The van der Waals surface area contributed by atoms with Gasteiger partial charge in [-0.1, -0.05) is 216 Å². The molecular formula is C78H50B2N2. The minimum absolute atomic E-state index is 0.00271. The lowest BCUT2D eigenvalue weighted by atomic mass is 9.34. The maximum Gasteiger partial charge on any atom is 0.247 e. The average molecular weight is 1040 g/mol. The van der Waals surface area contributed by atoms with Crippen LogP contribution in [0.25, 0.3) is 154 Å². The van der Waals surface area contributed by atoms with Crippen LogP contribution in [0.5, 0.6) is 0 Å². The van der Waals surface area contributed by atoms with E-state index >= 15 is 0 Å². The van der Waals surface area contributed by atoms with Crippen LogP contribution in [0.3, 0.4) is 0 Å².